The minimum absolute atomic E-state index is 0.00527. The van der Waals surface area contributed by atoms with Crippen LogP contribution in [-0.4, -0.2) is 224 Å². The van der Waals surface area contributed by atoms with E-state index >= 15 is 13.2 Å². The first kappa shape index (κ1) is 101. The van der Waals surface area contributed by atoms with Gasteiger partial charge in [0.25, 0.3) is 6.43 Å². The topological polar surface area (TPSA) is 424 Å². The van der Waals surface area contributed by atoms with E-state index in [2.05, 4.69) is 39.9 Å². The lowest BCUT2D eigenvalue weighted by Gasteiger charge is -2.47. The number of carbonyl (C=O) groups excluding carboxylic acids is 5. The highest BCUT2D eigenvalue weighted by molar-refractivity contribution is 6.03. The largest absolute Gasteiger partial charge is 0.493 e. The second-order valence-electron chi connectivity index (χ2n) is 41.5. The molecule has 40 heteroatoms. The number of aromatic nitrogens is 3. The molecule has 6 aliphatic carbocycles. The van der Waals surface area contributed by atoms with Crippen LogP contribution in [-0.2, 0) is 75.4 Å². The van der Waals surface area contributed by atoms with Gasteiger partial charge in [0.2, 0.25) is 35.4 Å². The summed E-state index contributed by atoms with van der Waals surface area (Å²) in [7, 11) is 7.97. The Labute approximate surface area is 835 Å². The zero-order valence-electron chi connectivity index (χ0n) is 81.9. The molecule has 5 amide bonds. The predicted molar refractivity (Wildman–Crippen MR) is 516 cm³/mol. The molecule has 145 heavy (non-hydrogen) atoms. The molecular formula is C105H123F7N18O15. The molecule has 0 bridgehead atoms. The number of pyridine rings is 1. The first-order valence-corrected chi connectivity index (χ1v) is 50.0. The summed E-state index contributed by atoms with van der Waals surface area (Å²) in [5, 5.41) is 0. The molecule has 16 aliphatic rings. The third-order valence-corrected chi connectivity index (χ3v) is 31.3. The summed E-state index contributed by atoms with van der Waals surface area (Å²) in [5.41, 5.74) is 25.3. The van der Waals surface area contributed by atoms with Gasteiger partial charge in [-0.1, -0.05) is 20.3 Å². The predicted octanol–water partition coefficient (Wildman–Crippen LogP) is 12.7. The molecule has 10 aliphatic heterocycles. The summed E-state index contributed by atoms with van der Waals surface area (Å²) in [6.07, 6.45) is 22.0. The van der Waals surface area contributed by atoms with Gasteiger partial charge in [0.05, 0.1) is 113 Å². The Hall–Kier alpha value is -12.7. The highest BCUT2D eigenvalue weighted by atomic mass is 19.3. The number of halogens is 7. The summed E-state index contributed by atoms with van der Waals surface area (Å²) < 4.78 is 159. The number of fused-ring (bicyclic) bond motifs is 5. The number of hydrogen-bond donors (Lipinski definition) is 5. The molecule has 2 aromatic heterocycles. The van der Waals surface area contributed by atoms with Crippen LogP contribution >= 0.6 is 0 Å². The SMILES string of the molecule is CC(C)COc1ccc(F)c([C@]23CO[C@@H](C4CC4)C[C@H]2C(=O)N(C)C(N)=N3)c1.CN1C(=O)[C@@H]2C[C@H](C3CC3)OC[C@]2(c2cc(OCC(F)F)ccc2F)N=C1N.CN1C(=O)[C@@H]2C[C@H](C3CC3)OC[C@]2(c2cc(OCC3CCC3)ccc2F)N=C1N.CN1C(=O)[C@@H]2C[C@H](C3CC3)OC[C@]2(c2cc(Oc3ccncc3)ccc2F)N=C1N.CN1C(=O)[C@@H]2C[C@H](C3CC3)OC[C@]2(c2cc(Oc3cnccn3)ccc2F)N=C1N. The molecule has 12 heterocycles. The van der Waals surface area contributed by atoms with Crippen LogP contribution in [0.15, 0.2) is 159 Å². The maximum atomic E-state index is 15.1. The summed E-state index contributed by atoms with van der Waals surface area (Å²) in [4.78, 5) is 107. The molecule has 7 aromatic rings. The van der Waals surface area contributed by atoms with E-state index < -0.39 is 99.4 Å². The number of carbonyl (C=O) groups is 5. The number of aliphatic imine (C=N–C) groups is 5. The van der Waals surface area contributed by atoms with Gasteiger partial charge in [-0.2, -0.15) is 0 Å². The van der Waals surface area contributed by atoms with Crippen molar-refractivity contribution in [2.75, 3.05) is 88.1 Å². The second kappa shape index (κ2) is 41.0. The van der Waals surface area contributed by atoms with Crippen LogP contribution in [0.5, 0.6) is 40.4 Å². The van der Waals surface area contributed by atoms with Crippen LogP contribution < -0.4 is 52.4 Å². The third-order valence-electron chi connectivity index (χ3n) is 31.3. The van der Waals surface area contributed by atoms with Gasteiger partial charge in [0.15, 0.2) is 29.8 Å². The standard InChI is InChI=1S/C22H23FN4O3.C22H28FN3O3.C21H22FN5O3.C21H28FN3O3.C19H22F3N3O3/c1-27-20(28)17-11-19(13-2-3-13)29-12-22(17,26-21(27)24)16-10-15(4-5-18(16)23)30-14-6-8-25-9-7-14;1-26-20(27)17-10-19(14-5-6-14)29-12-22(17,25-21(26)24)16-9-15(7-8-18(16)23)28-11-13-3-2-4-13;1-27-19(28)15-9-17(12-2-3-12)29-11-21(15,26-20(27)23)14-8-13(4-5-16(14)22)30-18-10-24-6-7-25-18;1-12(2)10-27-14-6-7-17(22)15(8-14)21-11-28-18(13-4-5-13)9-16(21)19(26)25(3)20(23)24-21;1-25-17(26)13-7-15(10-2-3-10)28-9-19(13,24-18(25)23)12-6-11(4-5-14(12)20)27-8-16(21)22/h4-10,13,17,19H,2-3,11-12H2,1H3,(H2,24,26);7-9,13-14,17,19H,2-6,10-12H2,1H3,(H2,24,25);4-8,10,12,15,17H,2-3,9,11H2,1H3,(H2,23,26);6-8,12-13,16,18H,4-5,9-11H2,1-3H3,(H2,23,24);4-6,10,13,15-16H,2-3,7-9H2,1H3,(H2,23,24)/t2*17-,19+,22+;15-,17+,21+;16-,18+,21+;13-,15+,19+/m00000/s1. The van der Waals surface area contributed by atoms with Crippen molar-refractivity contribution in [1.82, 2.24) is 39.5 Å². The van der Waals surface area contributed by atoms with E-state index in [1.165, 1.54) is 112 Å². The molecule has 5 saturated heterocycles. The Balaban J connectivity index is 0.000000115. The summed E-state index contributed by atoms with van der Waals surface area (Å²) >= 11 is 0. The van der Waals surface area contributed by atoms with Gasteiger partial charge in [0, 0.05) is 87.8 Å². The maximum Gasteiger partial charge on any atom is 0.272 e. The van der Waals surface area contributed by atoms with E-state index in [1.807, 2.05) is 13.8 Å². The van der Waals surface area contributed by atoms with Gasteiger partial charge in [-0.15, -0.1) is 0 Å². The Morgan fingerprint density at radius 1 is 0.352 bits per heavy atom. The van der Waals surface area contributed by atoms with E-state index in [0.717, 1.165) is 70.3 Å². The number of ether oxygens (including phenoxy) is 10. The summed E-state index contributed by atoms with van der Waals surface area (Å²) in [6, 6.07) is 25.3. The smallest absolute Gasteiger partial charge is 0.272 e. The number of guanidine groups is 5. The highest BCUT2D eigenvalue weighted by Gasteiger charge is 2.63. The molecule has 33 nitrogen and oxygen atoms in total. The lowest BCUT2D eigenvalue weighted by molar-refractivity contribution is -0.147. The van der Waals surface area contributed by atoms with Crippen LogP contribution in [0.2, 0.25) is 0 Å². The van der Waals surface area contributed by atoms with Crippen LogP contribution in [0.4, 0.5) is 30.7 Å². The summed E-state index contributed by atoms with van der Waals surface area (Å²) in [6.45, 7) is 4.93. The monoisotopic (exact) mass is 2010 g/mol. The molecule has 11 fully saturated rings. The van der Waals surface area contributed by atoms with E-state index in [-0.39, 0.29) is 151 Å². The molecule has 5 aromatic carbocycles. The number of nitrogens with two attached hydrogens (primary N) is 5. The Morgan fingerprint density at radius 3 is 0.903 bits per heavy atom. The molecule has 10 N–H and O–H groups in total. The molecule has 0 unspecified atom stereocenters. The van der Waals surface area contributed by atoms with Crippen molar-refractivity contribution in [2.24, 2.45) is 125 Å². The van der Waals surface area contributed by atoms with E-state index in [0.29, 0.717) is 127 Å². The molecule has 772 valence electrons. The maximum absolute atomic E-state index is 15.1. The fraction of sp³-hybridized carbons (Fsp3) is 0.533. The van der Waals surface area contributed by atoms with Crippen molar-refractivity contribution in [1.29, 1.82) is 0 Å². The van der Waals surface area contributed by atoms with Gasteiger partial charge in [0.1, 0.15) is 97.9 Å². The van der Waals surface area contributed by atoms with Crippen molar-refractivity contribution in [3.63, 3.8) is 0 Å². The van der Waals surface area contributed by atoms with E-state index in [1.54, 1.807) is 95.2 Å². The Bertz CT molecular complexity index is 5900. The minimum Gasteiger partial charge on any atom is -0.493 e. The van der Waals surface area contributed by atoms with Crippen LogP contribution in [0.3, 0.4) is 0 Å². The van der Waals surface area contributed by atoms with E-state index in [9.17, 15) is 41.5 Å². The molecule has 0 spiro atoms. The van der Waals surface area contributed by atoms with Gasteiger partial charge in [-0.25, -0.2) is 60.7 Å². The van der Waals surface area contributed by atoms with E-state index in [4.69, 9.17) is 76.0 Å². The number of rotatable bonds is 23. The molecule has 23 rings (SSSR count). The second-order valence-corrected chi connectivity index (χ2v) is 41.5. The number of amides is 5. The van der Waals surface area contributed by atoms with Gasteiger partial charge < -0.3 is 76.0 Å². The quantitative estimate of drug-likeness (QED) is 0.0371. The number of hydrogen-bond acceptors (Lipinski definition) is 28. The average molecular weight is 2010 g/mol. The average Bonchev–Trinajstić information content (AvgIpc) is 1.67. The van der Waals surface area contributed by atoms with Crippen molar-refractivity contribution < 1.29 is 102 Å². The zero-order valence-corrected chi connectivity index (χ0v) is 81.9. The molecule has 6 saturated carbocycles. The lowest BCUT2D eigenvalue weighted by atomic mass is 9.72. The van der Waals surface area contributed by atoms with Crippen molar-refractivity contribution >= 4 is 59.3 Å². The van der Waals surface area contributed by atoms with Crippen LogP contribution in [0, 0.1) is 100 Å². The number of alkyl halides is 2. The van der Waals surface area contributed by atoms with Gasteiger partial charge in [-0.3, -0.25) is 58.4 Å². The molecular weight excluding hydrogens is 1890 g/mol. The van der Waals surface area contributed by atoms with Crippen LogP contribution in [0.1, 0.15) is 157 Å². The molecule has 15 atom stereocenters. The van der Waals surface area contributed by atoms with Crippen molar-refractivity contribution in [2.45, 2.75) is 194 Å². The molecule has 0 radical (unpaired) electrons. The van der Waals surface area contributed by atoms with Crippen LogP contribution in [0.25, 0.3) is 0 Å². The fourth-order valence-electron chi connectivity index (χ4n) is 21.8. The third kappa shape index (κ3) is 20.5. The van der Waals surface area contributed by atoms with Crippen molar-refractivity contribution in [3.8, 4) is 40.4 Å². The summed E-state index contributed by atoms with van der Waals surface area (Å²) in [5.74, 6) is 0.414. The Kier molecular flexibility index (Phi) is 28.5. The Morgan fingerprint density at radius 2 is 0.634 bits per heavy atom. The zero-order chi connectivity index (χ0) is 102. The minimum atomic E-state index is -2.66. The first-order chi connectivity index (χ1) is 69.6. The fourth-order valence-corrected chi connectivity index (χ4v) is 21.8. The van der Waals surface area contributed by atoms with Gasteiger partial charge in [-0.05, 0) is 254 Å². The first-order valence-electron chi connectivity index (χ1n) is 50.0. The number of nitrogens with zero attached hydrogens (tertiary/aromatic N) is 13. The highest BCUT2D eigenvalue weighted by Crippen LogP contribution is 2.57. The lowest BCUT2D eigenvalue weighted by Crippen LogP contribution is -2.60. The van der Waals surface area contributed by atoms with Crippen molar-refractivity contribution in [3.05, 3.63) is 191 Å². The number of benzene rings is 5. The van der Waals surface area contributed by atoms with Gasteiger partial charge >= 0.3 is 0 Å². The normalized spacial score (nSPS) is 30.0.